The van der Waals surface area contributed by atoms with Crippen molar-refractivity contribution in [3.63, 3.8) is 0 Å². The Morgan fingerprint density at radius 3 is 2.70 bits per heavy atom. The third-order valence-electron chi connectivity index (χ3n) is 4.06. The molecule has 1 aliphatic heterocycles. The number of carbonyl (C=O) groups excluding carboxylic acids is 1. The van der Waals surface area contributed by atoms with Crippen LogP contribution in [-0.2, 0) is 14.8 Å². The number of hydrogen-bond acceptors (Lipinski definition) is 5. The molecule has 6 nitrogen and oxygen atoms in total. The van der Waals surface area contributed by atoms with Crippen LogP contribution in [0, 0.1) is 5.82 Å². The summed E-state index contributed by atoms with van der Waals surface area (Å²) < 4.78 is 45.4. The number of halogens is 1. The van der Waals surface area contributed by atoms with Crippen molar-refractivity contribution < 1.29 is 22.3 Å². The summed E-state index contributed by atoms with van der Waals surface area (Å²) in [6, 6.07) is 2.58. The Bertz CT molecular complexity index is 691. The minimum absolute atomic E-state index is 0.185. The zero-order valence-corrected chi connectivity index (χ0v) is 14.0. The van der Waals surface area contributed by atoms with E-state index in [0.29, 0.717) is 13.0 Å². The molecule has 1 heterocycles. The van der Waals surface area contributed by atoms with Gasteiger partial charge in [0.2, 0.25) is 10.0 Å². The molecule has 1 aliphatic rings. The lowest BCUT2D eigenvalue weighted by molar-refractivity contribution is 0.0595. The second-order valence-electron chi connectivity index (χ2n) is 5.67. The minimum Gasteiger partial charge on any atom is -0.465 e. The van der Waals surface area contributed by atoms with Crippen molar-refractivity contribution in [3.05, 3.63) is 29.6 Å². The number of sulfonamides is 1. The van der Waals surface area contributed by atoms with Crippen molar-refractivity contribution in [1.82, 2.24) is 4.31 Å². The average Bonchev–Trinajstić information content (AvgIpc) is 2.53. The van der Waals surface area contributed by atoms with Crippen molar-refractivity contribution in [3.8, 4) is 0 Å². The fourth-order valence-electron chi connectivity index (χ4n) is 2.82. The fourth-order valence-corrected chi connectivity index (χ4v) is 4.61. The van der Waals surface area contributed by atoms with Gasteiger partial charge in [-0.3, -0.25) is 0 Å². The van der Waals surface area contributed by atoms with Crippen LogP contribution in [0.3, 0.4) is 0 Å². The zero-order valence-electron chi connectivity index (χ0n) is 13.2. The molecule has 1 fully saturated rings. The van der Waals surface area contributed by atoms with E-state index in [-0.39, 0.29) is 22.5 Å². The van der Waals surface area contributed by atoms with Gasteiger partial charge in [0.05, 0.1) is 17.6 Å². The first kappa shape index (κ1) is 17.8. The van der Waals surface area contributed by atoms with Crippen LogP contribution < -0.4 is 5.73 Å². The molecule has 2 unspecified atom stereocenters. The summed E-state index contributed by atoms with van der Waals surface area (Å²) in [5, 5.41) is 0. The quantitative estimate of drug-likeness (QED) is 0.836. The molecule has 0 spiro atoms. The Labute approximate surface area is 135 Å². The van der Waals surface area contributed by atoms with Crippen molar-refractivity contribution in [2.45, 2.75) is 43.2 Å². The number of rotatable bonds is 4. The van der Waals surface area contributed by atoms with Crippen molar-refractivity contribution in [1.29, 1.82) is 0 Å². The SMILES string of the molecule is COC(=O)c1ccc(S(=O)(=O)N2CCCCC2C(C)N)cc1F. The van der Waals surface area contributed by atoms with Crippen LogP contribution in [-0.4, -0.2) is 44.4 Å². The average molecular weight is 344 g/mol. The maximum atomic E-state index is 14.0. The van der Waals surface area contributed by atoms with E-state index in [2.05, 4.69) is 4.74 Å². The Hall–Kier alpha value is -1.51. The lowest BCUT2D eigenvalue weighted by atomic mass is 10.00. The highest BCUT2D eigenvalue weighted by Crippen LogP contribution is 2.27. The second-order valence-corrected chi connectivity index (χ2v) is 7.56. The van der Waals surface area contributed by atoms with Crippen LogP contribution in [0.25, 0.3) is 0 Å². The maximum absolute atomic E-state index is 14.0. The van der Waals surface area contributed by atoms with Crippen molar-refractivity contribution in [2.75, 3.05) is 13.7 Å². The Morgan fingerprint density at radius 1 is 1.43 bits per heavy atom. The number of piperidine rings is 1. The molecular weight excluding hydrogens is 323 g/mol. The molecule has 0 amide bonds. The molecule has 0 bridgehead atoms. The van der Waals surface area contributed by atoms with Crippen LogP contribution >= 0.6 is 0 Å². The van der Waals surface area contributed by atoms with Crippen molar-refractivity contribution >= 4 is 16.0 Å². The highest BCUT2D eigenvalue weighted by atomic mass is 32.2. The van der Waals surface area contributed by atoms with Gasteiger partial charge in [0.1, 0.15) is 5.82 Å². The smallest absolute Gasteiger partial charge is 0.340 e. The molecule has 1 aromatic rings. The van der Waals surface area contributed by atoms with Gasteiger partial charge in [-0.1, -0.05) is 6.42 Å². The largest absolute Gasteiger partial charge is 0.465 e. The van der Waals surface area contributed by atoms with E-state index in [1.54, 1.807) is 6.92 Å². The third-order valence-corrected chi connectivity index (χ3v) is 5.98. The molecule has 8 heteroatoms. The summed E-state index contributed by atoms with van der Waals surface area (Å²) in [7, 11) is -2.73. The number of esters is 1. The van der Waals surface area contributed by atoms with E-state index < -0.39 is 21.8 Å². The Balaban J connectivity index is 2.39. The standard InChI is InChI=1S/C15H21FN2O4S/c1-10(17)14-5-3-4-8-18(14)23(20,21)11-6-7-12(13(16)9-11)15(19)22-2/h6-7,9-10,14H,3-5,8,17H2,1-2H3. The van der Waals surface area contributed by atoms with Gasteiger partial charge in [0.15, 0.2) is 0 Å². The predicted molar refractivity (Wildman–Crippen MR) is 82.9 cm³/mol. The first-order valence-electron chi connectivity index (χ1n) is 7.44. The third kappa shape index (κ3) is 3.54. The van der Waals surface area contributed by atoms with Gasteiger partial charge in [-0.2, -0.15) is 4.31 Å². The monoisotopic (exact) mass is 344 g/mol. The minimum atomic E-state index is -3.87. The molecule has 2 N–H and O–H groups in total. The number of benzene rings is 1. The van der Waals surface area contributed by atoms with E-state index >= 15 is 0 Å². The number of hydrogen-bond donors (Lipinski definition) is 1. The number of nitrogens with zero attached hydrogens (tertiary/aromatic N) is 1. The topological polar surface area (TPSA) is 89.7 Å². The molecule has 1 saturated heterocycles. The molecule has 128 valence electrons. The van der Waals surface area contributed by atoms with Crippen LogP contribution in [0.15, 0.2) is 23.1 Å². The molecule has 0 radical (unpaired) electrons. The lowest BCUT2D eigenvalue weighted by Gasteiger charge is -2.36. The van der Waals surface area contributed by atoms with E-state index in [1.807, 2.05) is 0 Å². The summed E-state index contributed by atoms with van der Waals surface area (Å²) in [5.41, 5.74) is 5.61. The molecule has 1 aromatic carbocycles. The number of nitrogens with two attached hydrogens (primary N) is 1. The van der Waals surface area contributed by atoms with Crippen molar-refractivity contribution in [2.24, 2.45) is 5.73 Å². The van der Waals surface area contributed by atoms with Gasteiger partial charge in [0, 0.05) is 18.6 Å². The summed E-state index contributed by atoms with van der Waals surface area (Å²) in [6.45, 7) is 2.12. The highest BCUT2D eigenvalue weighted by molar-refractivity contribution is 7.89. The molecule has 0 saturated carbocycles. The predicted octanol–water partition coefficient (Wildman–Crippen LogP) is 1.50. The Morgan fingerprint density at radius 2 is 2.13 bits per heavy atom. The number of carbonyl (C=O) groups is 1. The van der Waals surface area contributed by atoms with Crippen LogP contribution in [0.2, 0.25) is 0 Å². The van der Waals surface area contributed by atoms with E-state index in [4.69, 9.17) is 5.73 Å². The molecule has 2 rings (SSSR count). The van der Waals surface area contributed by atoms with E-state index in [9.17, 15) is 17.6 Å². The maximum Gasteiger partial charge on any atom is 0.340 e. The summed E-state index contributed by atoms with van der Waals surface area (Å²) in [4.78, 5) is 11.2. The zero-order chi connectivity index (χ0) is 17.2. The van der Waals surface area contributed by atoms with Gasteiger partial charge in [-0.05, 0) is 38.0 Å². The van der Waals surface area contributed by atoms with E-state index in [1.165, 1.54) is 10.4 Å². The first-order valence-corrected chi connectivity index (χ1v) is 8.88. The van der Waals surface area contributed by atoms with Crippen LogP contribution in [0.1, 0.15) is 36.5 Å². The molecule has 23 heavy (non-hydrogen) atoms. The molecule has 0 aromatic heterocycles. The fraction of sp³-hybridized carbons (Fsp3) is 0.533. The van der Waals surface area contributed by atoms with Crippen LogP contribution in [0.4, 0.5) is 4.39 Å². The molecular formula is C15H21FN2O4S. The number of methoxy groups -OCH3 is 1. The summed E-state index contributed by atoms with van der Waals surface area (Å²) >= 11 is 0. The van der Waals surface area contributed by atoms with Gasteiger partial charge < -0.3 is 10.5 Å². The van der Waals surface area contributed by atoms with Gasteiger partial charge in [0.25, 0.3) is 0 Å². The lowest BCUT2D eigenvalue weighted by Crippen LogP contribution is -2.51. The normalized spacial score (nSPS) is 21.0. The summed E-state index contributed by atoms with van der Waals surface area (Å²) in [6.07, 6.45) is 2.33. The molecule has 2 atom stereocenters. The highest BCUT2D eigenvalue weighted by Gasteiger charge is 2.35. The number of ether oxygens (including phenoxy) is 1. The van der Waals surface area contributed by atoms with Gasteiger partial charge in [-0.25, -0.2) is 17.6 Å². The second kappa shape index (κ2) is 6.94. The van der Waals surface area contributed by atoms with E-state index in [0.717, 1.165) is 32.1 Å². The Kier molecular flexibility index (Phi) is 5.38. The molecule has 0 aliphatic carbocycles. The first-order chi connectivity index (χ1) is 10.8. The summed E-state index contributed by atoms with van der Waals surface area (Å²) in [5.74, 6) is -1.77. The van der Waals surface area contributed by atoms with Crippen LogP contribution in [0.5, 0.6) is 0 Å². The van der Waals surface area contributed by atoms with Gasteiger partial charge in [-0.15, -0.1) is 0 Å². The van der Waals surface area contributed by atoms with Gasteiger partial charge >= 0.3 is 5.97 Å².